The van der Waals surface area contributed by atoms with Crippen molar-refractivity contribution in [2.45, 2.75) is 32.2 Å². The maximum Gasteiger partial charge on any atom is 0.251 e. The summed E-state index contributed by atoms with van der Waals surface area (Å²) in [5.41, 5.74) is 2.39. The Morgan fingerprint density at radius 1 is 1.03 bits per heavy atom. The van der Waals surface area contributed by atoms with E-state index in [2.05, 4.69) is 5.32 Å². The number of carbonyl (C=O) groups is 2. The quantitative estimate of drug-likeness (QED) is 0.637. The molecule has 31 heavy (non-hydrogen) atoms. The Balaban J connectivity index is 1.44. The zero-order chi connectivity index (χ0) is 21.6. The van der Waals surface area contributed by atoms with Gasteiger partial charge in [-0.05, 0) is 55.7 Å². The summed E-state index contributed by atoms with van der Waals surface area (Å²) in [6.45, 7) is 2.38. The van der Waals surface area contributed by atoms with Crippen LogP contribution in [-0.4, -0.2) is 53.0 Å². The van der Waals surface area contributed by atoms with Gasteiger partial charge in [-0.25, -0.2) is 4.98 Å². The maximum atomic E-state index is 12.9. The number of hydrogen-bond acceptors (Lipinski definition) is 4. The van der Waals surface area contributed by atoms with Crippen LogP contribution in [0.4, 0.5) is 0 Å². The molecule has 0 spiro atoms. The van der Waals surface area contributed by atoms with Crippen molar-refractivity contribution in [2.24, 2.45) is 0 Å². The molecule has 0 saturated carbocycles. The lowest BCUT2D eigenvalue weighted by Crippen LogP contribution is -2.38. The molecule has 3 aromatic rings. The monoisotopic (exact) mass is 420 g/mol. The Labute approximate surface area is 182 Å². The minimum Gasteiger partial charge on any atom is -0.497 e. The zero-order valence-electron chi connectivity index (χ0n) is 17.8. The molecule has 0 unspecified atom stereocenters. The minimum absolute atomic E-state index is 0.131. The Hall–Kier alpha value is -3.35. The van der Waals surface area contributed by atoms with E-state index in [-0.39, 0.29) is 18.4 Å². The third-order valence-corrected chi connectivity index (χ3v) is 5.72. The number of carbonyl (C=O) groups excluding carboxylic acids is 2. The highest BCUT2D eigenvalue weighted by molar-refractivity contribution is 5.94. The van der Waals surface area contributed by atoms with E-state index in [9.17, 15) is 9.59 Å². The lowest BCUT2D eigenvalue weighted by Gasteiger charge is -2.27. The van der Waals surface area contributed by atoms with E-state index in [1.54, 1.807) is 31.4 Å². The fourth-order valence-electron chi connectivity index (χ4n) is 4.00. The third kappa shape index (κ3) is 4.87. The molecular formula is C24H28N4O3. The van der Waals surface area contributed by atoms with Gasteiger partial charge in [-0.15, -0.1) is 0 Å². The number of para-hydroxylation sites is 2. The van der Waals surface area contributed by atoms with Gasteiger partial charge < -0.3 is 19.5 Å². The number of fused-ring (bicyclic) bond motifs is 1. The van der Waals surface area contributed by atoms with Crippen molar-refractivity contribution >= 4 is 22.8 Å². The van der Waals surface area contributed by atoms with Gasteiger partial charge in [0.1, 0.15) is 18.1 Å². The third-order valence-electron chi connectivity index (χ3n) is 5.72. The number of aromatic nitrogens is 2. The second kappa shape index (κ2) is 9.64. The lowest BCUT2D eigenvalue weighted by molar-refractivity contribution is -0.132. The maximum absolute atomic E-state index is 12.9. The predicted molar refractivity (Wildman–Crippen MR) is 119 cm³/mol. The lowest BCUT2D eigenvalue weighted by atomic mass is 10.1. The summed E-state index contributed by atoms with van der Waals surface area (Å²) in [5, 5.41) is 2.94. The fraction of sp³-hybridized carbons (Fsp3) is 0.375. The van der Waals surface area contributed by atoms with Gasteiger partial charge in [-0.1, -0.05) is 12.1 Å². The molecule has 0 aliphatic carbocycles. The van der Waals surface area contributed by atoms with Gasteiger partial charge in [0.2, 0.25) is 5.91 Å². The van der Waals surface area contributed by atoms with Crippen LogP contribution in [-0.2, 0) is 17.8 Å². The highest BCUT2D eigenvalue weighted by Gasteiger charge is 2.20. The normalized spacial score (nSPS) is 13.9. The highest BCUT2D eigenvalue weighted by atomic mass is 16.5. The number of benzene rings is 2. The first-order valence-corrected chi connectivity index (χ1v) is 10.8. The van der Waals surface area contributed by atoms with E-state index >= 15 is 0 Å². The molecule has 0 atom stereocenters. The molecule has 162 valence electrons. The Morgan fingerprint density at radius 3 is 2.52 bits per heavy atom. The summed E-state index contributed by atoms with van der Waals surface area (Å²) in [4.78, 5) is 32.0. The van der Waals surface area contributed by atoms with E-state index in [1.807, 2.05) is 33.7 Å². The second-order valence-electron chi connectivity index (χ2n) is 7.78. The SMILES string of the molecule is COc1ccc(C(=O)NCCc2nc3ccccc3n2CC(=O)N2CCCCC2)cc1. The molecule has 2 aromatic carbocycles. The Morgan fingerprint density at radius 2 is 1.77 bits per heavy atom. The van der Waals surface area contributed by atoms with Crippen LogP contribution in [0.25, 0.3) is 11.0 Å². The van der Waals surface area contributed by atoms with Gasteiger partial charge >= 0.3 is 0 Å². The van der Waals surface area contributed by atoms with Crippen LogP contribution < -0.4 is 10.1 Å². The summed E-state index contributed by atoms with van der Waals surface area (Å²) >= 11 is 0. The van der Waals surface area contributed by atoms with Gasteiger partial charge in [-0.2, -0.15) is 0 Å². The number of piperidine rings is 1. The van der Waals surface area contributed by atoms with Gasteiger partial charge in [-0.3, -0.25) is 9.59 Å². The highest BCUT2D eigenvalue weighted by Crippen LogP contribution is 2.18. The number of nitrogens with one attached hydrogen (secondary N) is 1. The van der Waals surface area contributed by atoms with Gasteiger partial charge in [0.15, 0.2) is 0 Å². The smallest absolute Gasteiger partial charge is 0.251 e. The van der Waals surface area contributed by atoms with Crippen LogP contribution in [0, 0.1) is 0 Å². The van der Waals surface area contributed by atoms with Gasteiger partial charge in [0.05, 0.1) is 18.1 Å². The van der Waals surface area contributed by atoms with E-state index in [1.165, 1.54) is 6.42 Å². The van der Waals surface area contributed by atoms with E-state index in [0.29, 0.717) is 24.3 Å². The molecular weight excluding hydrogens is 392 g/mol. The van der Waals surface area contributed by atoms with Gasteiger partial charge in [0.25, 0.3) is 5.91 Å². The number of ether oxygens (including phenoxy) is 1. The van der Waals surface area contributed by atoms with E-state index < -0.39 is 0 Å². The first kappa shape index (κ1) is 20.9. The molecule has 0 bridgehead atoms. The molecule has 7 heteroatoms. The number of rotatable bonds is 7. The minimum atomic E-state index is -0.144. The molecule has 2 heterocycles. The van der Waals surface area contributed by atoms with Crippen LogP contribution in [0.15, 0.2) is 48.5 Å². The van der Waals surface area contributed by atoms with Crippen molar-refractivity contribution in [3.63, 3.8) is 0 Å². The summed E-state index contributed by atoms with van der Waals surface area (Å²) in [5.74, 6) is 1.51. The summed E-state index contributed by atoms with van der Waals surface area (Å²) in [7, 11) is 1.59. The second-order valence-corrected chi connectivity index (χ2v) is 7.78. The van der Waals surface area contributed by atoms with E-state index in [4.69, 9.17) is 9.72 Å². The van der Waals surface area contributed by atoms with Crippen molar-refractivity contribution < 1.29 is 14.3 Å². The van der Waals surface area contributed by atoms with E-state index in [0.717, 1.165) is 42.8 Å². The van der Waals surface area contributed by atoms with Crippen molar-refractivity contribution in [1.29, 1.82) is 0 Å². The van der Waals surface area contributed by atoms with Crippen molar-refractivity contribution in [3.05, 3.63) is 59.9 Å². The van der Waals surface area contributed by atoms with Crippen molar-refractivity contribution in [1.82, 2.24) is 19.8 Å². The molecule has 4 rings (SSSR count). The van der Waals surface area contributed by atoms with Crippen LogP contribution in [0.2, 0.25) is 0 Å². The molecule has 7 nitrogen and oxygen atoms in total. The Bertz CT molecular complexity index is 1050. The molecule has 1 fully saturated rings. The van der Waals surface area contributed by atoms with Crippen LogP contribution >= 0.6 is 0 Å². The predicted octanol–water partition coefficient (Wildman–Crippen LogP) is 3.03. The molecule has 1 aliphatic heterocycles. The number of imidazole rings is 1. The summed E-state index contributed by atoms with van der Waals surface area (Å²) in [6, 6.07) is 14.9. The topological polar surface area (TPSA) is 76.5 Å². The van der Waals surface area contributed by atoms with Crippen molar-refractivity contribution in [2.75, 3.05) is 26.7 Å². The first-order valence-electron chi connectivity index (χ1n) is 10.8. The average molecular weight is 421 g/mol. The Kier molecular flexibility index (Phi) is 6.50. The average Bonchev–Trinajstić information content (AvgIpc) is 3.16. The largest absolute Gasteiger partial charge is 0.497 e. The number of methoxy groups -OCH3 is 1. The van der Waals surface area contributed by atoms with Crippen LogP contribution in [0.3, 0.4) is 0 Å². The number of hydrogen-bond donors (Lipinski definition) is 1. The first-order chi connectivity index (χ1) is 15.2. The van der Waals surface area contributed by atoms with Crippen LogP contribution in [0.5, 0.6) is 5.75 Å². The molecule has 1 N–H and O–H groups in total. The molecule has 1 aliphatic rings. The number of nitrogens with zero attached hydrogens (tertiary/aromatic N) is 3. The number of likely N-dealkylation sites (tertiary alicyclic amines) is 1. The van der Waals surface area contributed by atoms with Crippen molar-refractivity contribution in [3.8, 4) is 5.75 Å². The summed E-state index contributed by atoms with van der Waals surface area (Å²) < 4.78 is 7.12. The standard InChI is InChI=1S/C24H28N4O3/c1-31-19-11-9-18(10-12-19)24(30)25-14-13-22-26-20-7-3-4-8-21(20)28(22)17-23(29)27-15-5-2-6-16-27/h3-4,7-12H,2,5-6,13-17H2,1H3,(H,25,30). The fourth-order valence-corrected chi connectivity index (χ4v) is 4.00. The van der Waals surface area contributed by atoms with Gasteiger partial charge in [0, 0.05) is 31.6 Å². The molecule has 1 aromatic heterocycles. The molecule has 1 saturated heterocycles. The zero-order valence-corrected chi connectivity index (χ0v) is 17.8. The van der Waals surface area contributed by atoms with Crippen LogP contribution in [0.1, 0.15) is 35.4 Å². The summed E-state index contributed by atoms with van der Waals surface area (Å²) in [6.07, 6.45) is 3.88. The molecule has 2 amide bonds. The number of amides is 2. The molecule has 0 radical (unpaired) electrons.